The van der Waals surface area contributed by atoms with Crippen molar-refractivity contribution in [3.05, 3.63) is 0 Å². The van der Waals surface area contributed by atoms with Crippen LogP contribution < -0.4 is 0 Å². The normalized spacial score (nSPS) is 15.0. The lowest BCUT2D eigenvalue weighted by Crippen LogP contribution is -2.52. The van der Waals surface area contributed by atoms with E-state index < -0.39 is 24.2 Å². The van der Waals surface area contributed by atoms with Gasteiger partial charge >= 0.3 is 12.1 Å². The SMILES string of the molecule is CC#CCC(O)(C(=O)OC)C(F)(F)F. The van der Waals surface area contributed by atoms with Crippen LogP contribution in [0.1, 0.15) is 13.3 Å². The number of ether oxygens (including phenoxy) is 1. The molecule has 0 spiro atoms. The largest absolute Gasteiger partial charge is 0.467 e. The molecule has 0 saturated heterocycles. The molecule has 0 aliphatic carbocycles. The zero-order valence-corrected chi connectivity index (χ0v) is 7.60. The van der Waals surface area contributed by atoms with E-state index in [2.05, 4.69) is 10.7 Å². The minimum atomic E-state index is -5.09. The Morgan fingerprint density at radius 3 is 2.29 bits per heavy atom. The van der Waals surface area contributed by atoms with Crippen LogP contribution in [0, 0.1) is 11.8 Å². The standard InChI is InChI=1S/C8H9F3O3/c1-3-4-5-7(13,6(12)14-2)8(9,10)11/h13H,5H2,1-2H3. The summed E-state index contributed by atoms with van der Waals surface area (Å²) in [6, 6.07) is 0. The van der Waals surface area contributed by atoms with Gasteiger partial charge in [-0.25, -0.2) is 4.79 Å². The van der Waals surface area contributed by atoms with E-state index >= 15 is 0 Å². The van der Waals surface area contributed by atoms with Crippen LogP contribution in [0.2, 0.25) is 0 Å². The van der Waals surface area contributed by atoms with Crippen LogP contribution in [0.5, 0.6) is 0 Å². The Hall–Kier alpha value is -1.22. The van der Waals surface area contributed by atoms with Crippen LogP contribution in [0.15, 0.2) is 0 Å². The molecule has 1 unspecified atom stereocenters. The molecular weight excluding hydrogens is 201 g/mol. The smallest absolute Gasteiger partial charge is 0.429 e. The predicted octanol–water partition coefficient (Wildman–Crippen LogP) is 0.866. The zero-order chi connectivity index (χ0) is 11.4. The van der Waals surface area contributed by atoms with E-state index in [9.17, 15) is 18.0 Å². The summed E-state index contributed by atoms with van der Waals surface area (Å²) in [6.45, 7) is 1.30. The average molecular weight is 210 g/mol. The molecule has 1 atom stereocenters. The highest BCUT2D eigenvalue weighted by Crippen LogP contribution is 2.33. The summed E-state index contributed by atoms with van der Waals surface area (Å²) in [7, 11) is 0.762. The molecule has 1 N–H and O–H groups in total. The molecule has 0 radical (unpaired) electrons. The third-order valence-corrected chi connectivity index (χ3v) is 1.51. The van der Waals surface area contributed by atoms with E-state index in [0.717, 1.165) is 7.11 Å². The first-order valence-electron chi connectivity index (χ1n) is 3.56. The third kappa shape index (κ3) is 2.39. The number of methoxy groups -OCH3 is 1. The summed E-state index contributed by atoms with van der Waals surface area (Å²) in [5.74, 6) is 2.39. The Labute approximate surface area is 78.9 Å². The highest BCUT2D eigenvalue weighted by molar-refractivity contribution is 5.80. The Morgan fingerprint density at radius 1 is 1.50 bits per heavy atom. The highest BCUT2D eigenvalue weighted by atomic mass is 19.4. The Kier molecular flexibility index (Phi) is 3.95. The van der Waals surface area contributed by atoms with Crippen LogP contribution >= 0.6 is 0 Å². The van der Waals surface area contributed by atoms with Crippen molar-refractivity contribution in [1.29, 1.82) is 0 Å². The molecule has 0 aromatic carbocycles. The lowest BCUT2D eigenvalue weighted by atomic mass is 10.00. The van der Waals surface area contributed by atoms with E-state index in [1.165, 1.54) is 6.92 Å². The third-order valence-electron chi connectivity index (χ3n) is 1.51. The summed E-state index contributed by atoms with van der Waals surface area (Å²) in [5.41, 5.74) is -3.54. The van der Waals surface area contributed by atoms with Gasteiger partial charge in [-0.15, -0.1) is 5.92 Å². The van der Waals surface area contributed by atoms with Gasteiger partial charge < -0.3 is 9.84 Å². The molecule has 0 amide bonds. The van der Waals surface area contributed by atoms with E-state index in [4.69, 9.17) is 5.11 Å². The van der Waals surface area contributed by atoms with Crippen molar-refractivity contribution < 1.29 is 27.8 Å². The van der Waals surface area contributed by atoms with Gasteiger partial charge in [0.25, 0.3) is 5.60 Å². The van der Waals surface area contributed by atoms with Gasteiger partial charge in [0, 0.05) is 0 Å². The first kappa shape index (κ1) is 12.8. The van der Waals surface area contributed by atoms with Crippen LogP contribution in [0.25, 0.3) is 0 Å². The molecule has 0 bridgehead atoms. The van der Waals surface area contributed by atoms with Gasteiger partial charge in [0.2, 0.25) is 0 Å². The molecule has 14 heavy (non-hydrogen) atoms. The second-order valence-electron chi connectivity index (χ2n) is 2.45. The van der Waals surface area contributed by atoms with Gasteiger partial charge in [-0.3, -0.25) is 0 Å². The molecule has 0 aromatic heterocycles. The Morgan fingerprint density at radius 2 is 2.00 bits per heavy atom. The number of aliphatic hydroxyl groups is 1. The number of alkyl halides is 3. The molecule has 0 aliphatic heterocycles. The second kappa shape index (κ2) is 4.33. The van der Waals surface area contributed by atoms with Crippen molar-refractivity contribution in [2.24, 2.45) is 0 Å². The molecule has 0 aliphatic rings. The van der Waals surface area contributed by atoms with Gasteiger partial charge in [-0.1, -0.05) is 5.92 Å². The first-order valence-corrected chi connectivity index (χ1v) is 3.56. The number of hydrogen-bond acceptors (Lipinski definition) is 3. The monoisotopic (exact) mass is 210 g/mol. The van der Waals surface area contributed by atoms with Crippen molar-refractivity contribution in [2.75, 3.05) is 7.11 Å². The summed E-state index contributed by atoms with van der Waals surface area (Å²) < 4.78 is 40.6. The quantitative estimate of drug-likeness (QED) is 0.543. The van der Waals surface area contributed by atoms with Crippen LogP contribution in [-0.4, -0.2) is 30.0 Å². The van der Waals surface area contributed by atoms with Gasteiger partial charge in [0.1, 0.15) is 0 Å². The summed E-state index contributed by atoms with van der Waals surface area (Å²) in [6.07, 6.45) is -6.12. The van der Waals surface area contributed by atoms with Crippen LogP contribution in [-0.2, 0) is 9.53 Å². The molecule has 0 saturated carbocycles. The minimum Gasteiger partial charge on any atom is -0.467 e. The fourth-order valence-electron chi connectivity index (χ4n) is 0.673. The van der Waals surface area contributed by atoms with E-state index in [-0.39, 0.29) is 0 Å². The van der Waals surface area contributed by atoms with Gasteiger partial charge in [0.15, 0.2) is 0 Å². The fourth-order valence-corrected chi connectivity index (χ4v) is 0.673. The number of carbonyl (C=O) groups excluding carboxylic acids is 1. The molecule has 0 aromatic rings. The minimum absolute atomic E-state index is 0.762. The summed E-state index contributed by atoms with van der Waals surface area (Å²) >= 11 is 0. The van der Waals surface area contributed by atoms with E-state index in [1.807, 2.05) is 5.92 Å². The van der Waals surface area contributed by atoms with Crippen molar-refractivity contribution in [3.63, 3.8) is 0 Å². The Balaban J connectivity index is 5.01. The topological polar surface area (TPSA) is 46.5 Å². The lowest BCUT2D eigenvalue weighted by molar-refractivity contribution is -0.259. The molecule has 0 rings (SSSR count). The highest BCUT2D eigenvalue weighted by Gasteiger charge is 2.60. The van der Waals surface area contributed by atoms with Crippen molar-refractivity contribution in [3.8, 4) is 11.8 Å². The van der Waals surface area contributed by atoms with Gasteiger partial charge in [0.05, 0.1) is 13.5 Å². The number of hydrogen-bond donors (Lipinski definition) is 1. The molecule has 0 heterocycles. The number of esters is 1. The van der Waals surface area contributed by atoms with Crippen molar-refractivity contribution in [2.45, 2.75) is 25.1 Å². The first-order chi connectivity index (χ1) is 6.29. The summed E-state index contributed by atoms with van der Waals surface area (Å²) in [5, 5.41) is 9.05. The van der Waals surface area contributed by atoms with Gasteiger partial charge in [-0.2, -0.15) is 13.2 Å². The summed E-state index contributed by atoms with van der Waals surface area (Å²) in [4.78, 5) is 10.7. The number of carbonyl (C=O) groups is 1. The maximum absolute atomic E-state index is 12.2. The molecule has 80 valence electrons. The Bertz CT molecular complexity index is 274. The van der Waals surface area contributed by atoms with Crippen molar-refractivity contribution in [1.82, 2.24) is 0 Å². The average Bonchev–Trinajstić information content (AvgIpc) is 2.10. The molecule has 6 heteroatoms. The van der Waals surface area contributed by atoms with E-state index in [1.54, 1.807) is 0 Å². The van der Waals surface area contributed by atoms with Crippen LogP contribution in [0.3, 0.4) is 0 Å². The van der Waals surface area contributed by atoms with Gasteiger partial charge in [-0.05, 0) is 6.92 Å². The maximum Gasteiger partial charge on any atom is 0.429 e. The predicted molar refractivity (Wildman–Crippen MR) is 41.1 cm³/mol. The maximum atomic E-state index is 12.2. The van der Waals surface area contributed by atoms with Crippen LogP contribution in [0.4, 0.5) is 13.2 Å². The fraction of sp³-hybridized carbons (Fsp3) is 0.625. The molecule has 3 nitrogen and oxygen atoms in total. The van der Waals surface area contributed by atoms with E-state index in [0.29, 0.717) is 0 Å². The second-order valence-corrected chi connectivity index (χ2v) is 2.45. The number of halogens is 3. The lowest BCUT2D eigenvalue weighted by Gasteiger charge is -2.25. The zero-order valence-electron chi connectivity index (χ0n) is 7.60. The molecular formula is C8H9F3O3. The number of rotatable bonds is 2. The van der Waals surface area contributed by atoms with Crippen molar-refractivity contribution >= 4 is 5.97 Å². The molecule has 0 fully saturated rings.